The van der Waals surface area contributed by atoms with Crippen LogP contribution in [-0.2, 0) is 11.3 Å². The highest BCUT2D eigenvalue weighted by atomic mass is 35.5. The molecule has 126 valence electrons. The minimum absolute atomic E-state index is 0.000727. The van der Waals surface area contributed by atoms with Crippen molar-refractivity contribution >= 4 is 28.4 Å². The van der Waals surface area contributed by atoms with Crippen molar-refractivity contribution in [2.24, 2.45) is 0 Å². The molecule has 1 aromatic heterocycles. The number of halogens is 1. The average Bonchev–Trinajstić information content (AvgIpc) is 3.18. The number of nitrogens with zero attached hydrogens (tertiary/aromatic N) is 1. The molecule has 2 aliphatic rings. The van der Waals surface area contributed by atoms with Gasteiger partial charge < -0.3 is 14.6 Å². The Morgan fingerprint density at radius 2 is 2.25 bits per heavy atom. The fraction of sp³-hybridized carbons (Fsp3) is 0.444. The summed E-state index contributed by atoms with van der Waals surface area (Å²) in [6.07, 6.45) is 4.85. The summed E-state index contributed by atoms with van der Waals surface area (Å²) in [7, 11) is 0. The number of rotatable bonds is 3. The second-order valence-corrected chi connectivity index (χ2v) is 6.95. The van der Waals surface area contributed by atoms with Gasteiger partial charge in [-0.05, 0) is 44.4 Å². The second kappa shape index (κ2) is 5.90. The van der Waals surface area contributed by atoms with E-state index < -0.39 is 0 Å². The van der Waals surface area contributed by atoms with Crippen molar-refractivity contribution in [1.29, 1.82) is 0 Å². The molecule has 1 aromatic carbocycles. The van der Waals surface area contributed by atoms with Gasteiger partial charge in [-0.3, -0.25) is 9.59 Å². The maximum atomic E-state index is 12.8. The van der Waals surface area contributed by atoms with Crippen LogP contribution in [0.5, 0.6) is 0 Å². The molecule has 0 spiro atoms. The lowest BCUT2D eigenvalue weighted by Crippen LogP contribution is -2.43. The first-order valence-electron chi connectivity index (χ1n) is 8.36. The molecule has 3 unspecified atom stereocenters. The van der Waals surface area contributed by atoms with E-state index in [0.29, 0.717) is 17.0 Å². The highest BCUT2D eigenvalue weighted by molar-refractivity contribution is 6.31. The van der Waals surface area contributed by atoms with Gasteiger partial charge in [0.05, 0.1) is 23.8 Å². The van der Waals surface area contributed by atoms with Crippen molar-refractivity contribution in [2.75, 3.05) is 0 Å². The van der Waals surface area contributed by atoms with Crippen molar-refractivity contribution in [3.63, 3.8) is 0 Å². The smallest absolute Gasteiger partial charge is 0.257 e. The summed E-state index contributed by atoms with van der Waals surface area (Å²) >= 11 is 6.03. The largest absolute Gasteiger partial charge is 0.373 e. The van der Waals surface area contributed by atoms with Crippen LogP contribution in [0.2, 0.25) is 5.02 Å². The van der Waals surface area contributed by atoms with Crippen molar-refractivity contribution in [1.82, 2.24) is 9.88 Å². The fourth-order valence-electron chi connectivity index (χ4n) is 3.83. The lowest BCUT2D eigenvalue weighted by molar-refractivity contribution is 0.0840. The fourth-order valence-corrected chi connectivity index (χ4v) is 4.00. The predicted molar refractivity (Wildman–Crippen MR) is 92.7 cm³/mol. The molecule has 3 atom stereocenters. The van der Waals surface area contributed by atoms with E-state index in [2.05, 4.69) is 5.32 Å². The summed E-state index contributed by atoms with van der Waals surface area (Å²) < 4.78 is 7.67. The normalized spacial score (nSPS) is 25.3. The summed E-state index contributed by atoms with van der Waals surface area (Å²) in [4.78, 5) is 25.4. The van der Waals surface area contributed by atoms with E-state index in [0.717, 1.165) is 24.8 Å². The van der Waals surface area contributed by atoms with Crippen LogP contribution in [0.25, 0.3) is 10.9 Å². The SMILES string of the molecule is CCn1cc(C(=O)NC2CC3CCC2O3)c(=O)c2cc(Cl)ccc21. The third-order valence-electron chi connectivity index (χ3n) is 5.05. The van der Waals surface area contributed by atoms with Crippen LogP contribution in [0.1, 0.15) is 36.5 Å². The summed E-state index contributed by atoms with van der Waals surface area (Å²) in [5.41, 5.74) is 0.667. The van der Waals surface area contributed by atoms with E-state index in [9.17, 15) is 9.59 Å². The van der Waals surface area contributed by atoms with Crippen LogP contribution in [0.4, 0.5) is 0 Å². The third-order valence-corrected chi connectivity index (χ3v) is 5.29. The molecule has 2 bridgehead atoms. The molecular weight excluding hydrogens is 328 g/mol. The molecule has 2 aliphatic heterocycles. The number of fused-ring (bicyclic) bond motifs is 3. The van der Waals surface area contributed by atoms with Crippen LogP contribution in [0.3, 0.4) is 0 Å². The van der Waals surface area contributed by atoms with Crippen LogP contribution < -0.4 is 10.7 Å². The number of aromatic nitrogens is 1. The maximum Gasteiger partial charge on any atom is 0.257 e. The summed E-state index contributed by atoms with van der Waals surface area (Å²) in [5.74, 6) is -0.328. The van der Waals surface area contributed by atoms with Crippen LogP contribution in [0, 0.1) is 0 Å². The summed E-state index contributed by atoms with van der Waals surface area (Å²) in [6, 6.07) is 5.19. The molecule has 1 N–H and O–H groups in total. The number of hydrogen-bond acceptors (Lipinski definition) is 3. The Balaban J connectivity index is 1.71. The van der Waals surface area contributed by atoms with E-state index in [1.54, 1.807) is 18.3 Å². The maximum absolute atomic E-state index is 12.8. The number of pyridine rings is 1. The quantitative estimate of drug-likeness (QED) is 0.929. The van der Waals surface area contributed by atoms with E-state index in [-0.39, 0.29) is 35.1 Å². The second-order valence-electron chi connectivity index (χ2n) is 6.51. The zero-order chi connectivity index (χ0) is 16.8. The Kier molecular flexibility index (Phi) is 3.85. The molecule has 0 saturated carbocycles. The number of ether oxygens (including phenoxy) is 1. The number of amides is 1. The zero-order valence-electron chi connectivity index (χ0n) is 13.4. The number of hydrogen-bond donors (Lipinski definition) is 1. The Hall–Kier alpha value is -1.85. The third kappa shape index (κ3) is 2.52. The van der Waals surface area contributed by atoms with Crippen molar-refractivity contribution in [2.45, 2.75) is 51.0 Å². The van der Waals surface area contributed by atoms with E-state index in [1.165, 1.54) is 0 Å². The number of carbonyl (C=O) groups is 1. The highest BCUT2D eigenvalue weighted by Gasteiger charge is 2.41. The Bertz CT molecular complexity index is 876. The molecule has 2 fully saturated rings. The van der Waals surface area contributed by atoms with Gasteiger partial charge in [0.2, 0.25) is 5.43 Å². The molecule has 1 amide bonds. The first-order valence-corrected chi connectivity index (χ1v) is 8.73. The van der Waals surface area contributed by atoms with Gasteiger partial charge in [0, 0.05) is 23.2 Å². The Morgan fingerprint density at radius 1 is 1.42 bits per heavy atom. The average molecular weight is 347 g/mol. The topological polar surface area (TPSA) is 60.3 Å². The molecule has 0 radical (unpaired) electrons. The van der Waals surface area contributed by atoms with Crippen molar-refractivity contribution in [3.8, 4) is 0 Å². The van der Waals surface area contributed by atoms with E-state index >= 15 is 0 Å². The van der Waals surface area contributed by atoms with Gasteiger partial charge in [0.15, 0.2) is 0 Å². The molecule has 24 heavy (non-hydrogen) atoms. The van der Waals surface area contributed by atoms with Gasteiger partial charge in [0.1, 0.15) is 5.56 Å². The molecular formula is C18H19ClN2O3. The summed E-state index contributed by atoms with van der Waals surface area (Å²) in [6.45, 7) is 2.64. The predicted octanol–water partition coefficient (Wildman–Crippen LogP) is 2.72. The van der Waals surface area contributed by atoms with Crippen LogP contribution in [0.15, 0.2) is 29.2 Å². The van der Waals surface area contributed by atoms with Crippen LogP contribution >= 0.6 is 11.6 Å². The first kappa shape index (κ1) is 15.7. The van der Waals surface area contributed by atoms with Crippen LogP contribution in [-0.4, -0.2) is 28.7 Å². The van der Waals surface area contributed by atoms with Gasteiger partial charge in [-0.25, -0.2) is 0 Å². The van der Waals surface area contributed by atoms with Gasteiger partial charge >= 0.3 is 0 Å². The minimum atomic E-state index is -0.328. The van der Waals surface area contributed by atoms with E-state index in [1.807, 2.05) is 17.6 Å². The first-order chi connectivity index (χ1) is 11.6. The van der Waals surface area contributed by atoms with Crippen molar-refractivity contribution in [3.05, 3.63) is 45.2 Å². The number of aryl methyl sites for hydroxylation is 1. The number of benzene rings is 1. The van der Waals surface area contributed by atoms with Crippen molar-refractivity contribution < 1.29 is 9.53 Å². The van der Waals surface area contributed by atoms with Gasteiger partial charge in [-0.2, -0.15) is 0 Å². The lowest BCUT2D eigenvalue weighted by Gasteiger charge is -2.20. The van der Waals surface area contributed by atoms with Gasteiger partial charge in [-0.1, -0.05) is 11.6 Å². The molecule has 2 saturated heterocycles. The number of carbonyl (C=O) groups excluding carboxylic acids is 1. The molecule has 2 aromatic rings. The molecule has 6 heteroatoms. The van der Waals surface area contributed by atoms with Gasteiger partial charge in [0.25, 0.3) is 5.91 Å². The lowest BCUT2D eigenvalue weighted by atomic mass is 9.95. The molecule has 4 rings (SSSR count). The number of nitrogens with one attached hydrogen (secondary N) is 1. The molecule has 3 heterocycles. The Labute approximate surface area is 144 Å². The summed E-state index contributed by atoms with van der Waals surface area (Å²) in [5, 5.41) is 3.95. The highest BCUT2D eigenvalue weighted by Crippen LogP contribution is 2.34. The van der Waals surface area contributed by atoms with E-state index in [4.69, 9.17) is 16.3 Å². The zero-order valence-corrected chi connectivity index (χ0v) is 14.2. The minimum Gasteiger partial charge on any atom is -0.373 e. The molecule has 0 aliphatic carbocycles. The Morgan fingerprint density at radius 3 is 2.92 bits per heavy atom. The van der Waals surface area contributed by atoms with Gasteiger partial charge in [-0.15, -0.1) is 0 Å². The standard InChI is InChI=1S/C18H19ClN2O3/c1-2-21-9-13(17(22)12-7-10(19)3-5-15(12)21)18(23)20-14-8-11-4-6-16(14)24-11/h3,5,7,9,11,14,16H,2,4,6,8H2,1H3,(H,20,23). The monoisotopic (exact) mass is 346 g/mol. The molecule has 5 nitrogen and oxygen atoms in total.